The average molecular weight is 289 g/mol. The maximum atomic E-state index is 10.3. The van der Waals surface area contributed by atoms with Gasteiger partial charge in [-0.3, -0.25) is 0 Å². The number of para-hydroxylation sites is 1. The maximum Gasteiger partial charge on any atom is 0.129 e. The molecule has 106 valence electrons. The zero-order valence-electron chi connectivity index (χ0n) is 12.0. The quantitative estimate of drug-likeness (QED) is 0.913. The van der Waals surface area contributed by atoms with Gasteiger partial charge in [0.25, 0.3) is 0 Å². The maximum absolute atomic E-state index is 10.3. The number of thiazole rings is 1. The fraction of sp³-hybridized carbons (Fsp3) is 0.438. The van der Waals surface area contributed by atoms with Crippen LogP contribution in [0.4, 0.5) is 0 Å². The van der Waals surface area contributed by atoms with Crippen molar-refractivity contribution in [3.05, 3.63) is 34.8 Å². The number of hydrogen-bond acceptors (Lipinski definition) is 4. The van der Waals surface area contributed by atoms with E-state index in [9.17, 15) is 5.11 Å². The molecule has 1 unspecified atom stereocenters. The summed E-state index contributed by atoms with van der Waals surface area (Å²) in [7, 11) is 1.67. The van der Waals surface area contributed by atoms with Gasteiger partial charge in [-0.05, 0) is 30.4 Å². The molecule has 0 saturated carbocycles. The van der Waals surface area contributed by atoms with Gasteiger partial charge in [0.2, 0.25) is 0 Å². The highest BCUT2D eigenvalue weighted by atomic mass is 32.1. The summed E-state index contributed by atoms with van der Waals surface area (Å²) in [4.78, 5) is 5.77. The van der Waals surface area contributed by atoms with E-state index in [1.807, 2.05) is 24.3 Å². The van der Waals surface area contributed by atoms with Crippen molar-refractivity contribution in [3.63, 3.8) is 0 Å². The molecule has 0 saturated heterocycles. The smallest absolute Gasteiger partial charge is 0.129 e. The highest BCUT2D eigenvalue weighted by Gasteiger charge is 2.34. The fourth-order valence-corrected chi connectivity index (χ4v) is 3.93. The zero-order valence-corrected chi connectivity index (χ0v) is 12.8. The zero-order chi connectivity index (χ0) is 14.3. The summed E-state index contributed by atoms with van der Waals surface area (Å²) in [5.41, 5.74) is 2.15. The minimum absolute atomic E-state index is 0.110. The van der Waals surface area contributed by atoms with Crippen molar-refractivity contribution < 1.29 is 9.84 Å². The van der Waals surface area contributed by atoms with Gasteiger partial charge in [-0.1, -0.05) is 26.0 Å². The highest BCUT2D eigenvalue weighted by molar-refractivity contribution is 7.15. The van der Waals surface area contributed by atoms with Crippen LogP contribution in [0.5, 0.6) is 5.75 Å². The van der Waals surface area contributed by atoms with E-state index in [1.165, 1.54) is 0 Å². The Hall–Kier alpha value is -1.39. The van der Waals surface area contributed by atoms with E-state index in [-0.39, 0.29) is 5.41 Å². The molecule has 4 heteroatoms. The van der Waals surface area contributed by atoms with E-state index >= 15 is 0 Å². The van der Waals surface area contributed by atoms with Crippen molar-refractivity contribution in [3.8, 4) is 16.3 Å². The summed E-state index contributed by atoms with van der Waals surface area (Å²) in [6, 6.07) is 7.89. The first-order valence-corrected chi connectivity index (χ1v) is 7.63. The number of nitrogens with zero attached hydrogens (tertiary/aromatic N) is 1. The van der Waals surface area contributed by atoms with Gasteiger partial charge in [0.1, 0.15) is 10.8 Å². The molecule has 0 bridgehead atoms. The number of aliphatic hydroxyl groups excluding tert-OH is 1. The molecule has 1 atom stereocenters. The molecule has 2 aromatic rings. The molecule has 1 aliphatic rings. The Kier molecular flexibility index (Phi) is 3.30. The second-order valence-corrected chi connectivity index (χ2v) is 7.12. The highest BCUT2D eigenvalue weighted by Crippen LogP contribution is 2.45. The predicted octanol–water partition coefficient (Wildman–Crippen LogP) is 3.82. The second-order valence-electron chi connectivity index (χ2n) is 6.09. The molecule has 0 fully saturated rings. The van der Waals surface area contributed by atoms with E-state index < -0.39 is 6.10 Å². The molecular weight excluding hydrogens is 270 g/mol. The van der Waals surface area contributed by atoms with Crippen LogP contribution < -0.4 is 4.74 Å². The van der Waals surface area contributed by atoms with Gasteiger partial charge >= 0.3 is 0 Å². The molecule has 1 aliphatic carbocycles. The molecule has 1 heterocycles. The first-order valence-electron chi connectivity index (χ1n) is 6.81. The topological polar surface area (TPSA) is 42.4 Å². The Morgan fingerprint density at radius 1 is 1.35 bits per heavy atom. The van der Waals surface area contributed by atoms with Gasteiger partial charge in [0, 0.05) is 0 Å². The number of rotatable bonds is 2. The minimum atomic E-state index is -0.394. The van der Waals surface area contributed by atoms with Crippen LogP contribution in [-0.2, 0) is 6.42 Å². The molecule has 1 aromatic carbocycles. The lowest BCUT2D eigenvalue weighted by Gasteiger charge is -2.31. The normalized spacial score (nSPS) is 20.5. The molecule has 3 nitrogen and oxygen atoms in total. The Morgan fingerprint density at radius 3 is 2.85 bits per heavy atom. The van der Waals surface area contributed by atoms with Crippen LogP contribution in [0.3, 0.4) is 0 Å². The molecule has 0 amide bonds. The number of ether oxygens (including phenoxy) is 1. The Bertz CT molecular complexity index is 633. The molecule has 1 N–H and O–H groups in total. The van der Waals surface area contributed by atoms with Crippen molar-refractivity contribution >= 4 is 11.3 Å². The van der Waals surface area contributed by atoms with E-state index in [1.54, 1.807) is 18.4 Å². The van der Waals surface area contributed by atoms with Crippen molar-refractivity contribution in [2.24, 2.45) is 5.41 Å². The van der Waals surface area contributed by atoms with Crippen LogP contribution in [0.1, 0.15) is 36.9 Å². The fourth-order valence-electron chi connectivity index (χ4n) is 2.83. The van der Waals surface area contributed by atoms with Crippen LogP contribution >= 0.6 is 11.3 Å². The molecule has 0 radical (unpaired) electrons. The lowest BCUT2D eigenvalue weighted by Crippen LogP contribution is -2.24. The van der Waals surface area contributed by atoms with Crippen LogP contribution in [0, 0.1) is 5.41 Å². The lowest BCUT2D eigenvalue weighted by molar-refractivity contribution is 0.102. The number of methoxy groups -OCH3 is 1. The first kappa shape index (κ1) is 13.6. The minimum Gasteiger partial charge on any atom is -0.496 e. The van der Waals surface area contributed by atoms with E-state index in [0.717, 1.165) is 39.7 Å². The Labute approximate surface area is 123 Å². The molecule has 1 aromatic heterocycles. The summed E-state index contributed by atoms with van der Waals surface area (Å²) in [5, 5.41) is 11.3. The number of aliphatic hydroxyl groups is 1. The van der Waals surface area contributed by atoms with Crippen molar-refractivity contribution in [2.45, 2.75) is 32.8 Å². The summed E-state index contributed by atoms with van der Waals surface area (Å²) in [6.07, 6.45) is 1.33. The van der Waals surface area contributed by atoms with Gasteiger partial charge in [-0.25, -0.2) is 4.98 Å². The second kappa shape index (κ2) is 4.86. The number of hydrogen-bond donors (Lipinski definition) is 1. The standard InChI is InChI=1S/C16H19NO2S/c1-16(2)8-11-14(12(18)9-16)20-15(17-11)10-6-4-5-7-13(10)19-3/h4-7,12,18H,8-9H2,1-3H3. The predicted molar refractivity (Wildman–Crippen MR) is 81.2 cm³/mol. The van der Waals surface area contributed by atoms with Crippen LogP contribution in [0.25, 0.3) is 10.6 Å². The SMILES string of the molecule is COc1ccccc1-c1nc2c(s1)C(O)CC(C)(C)C2. The van der Waals surface area contributed by atoms with Crippen LogP contribution in [-0.4, -0.2) is 17.2 Å². The van der Waals surface area contributed by atoms with Crippen LogP contribution in [0.15, 0.2) is 24.3 Å². The lowest BCUT2D eigenvalue weighted by atomic mass is 9.77. The van der Waals surface area contributed by atoms with Gasteiger partial charge in [-0.15, -0.1) is 11.3 Å². The van der Waals surface area contributed by atoms with Gasteiger partial charge in [-0.2, -0.15) is 0 Å². The van der Waals surface area contributed by atoms with Crippen molar-refractivity contribution in [1.82, 2.24) is 4.98 Å². The van der Waals surface area contributed by atoms with E-state index in [4.69, 9.17) is 9.72 Å². The molecule has 0 spiro atoms. The van der Waals surface area contributed by atoms with Crippen LogP contribution in [0.2, 0.25) is 0 Å². The van der Waals surface area contributed by atoms with Crippen molar-refractivity contribution in [2.75, 3.05) is 7.11 Å². The van der Waals surface area contributed by atoms with Gasteiger partial charge < -0.3 is 9.84 Å². The third-order valence-corrected chi connectivity index (χ3v) is 4.99. The largest absolute Gasteiger partial charge is 0.496 e. The van der Waals surface area contributed by atoms with E-state index in [2.05, 4.69) is 13.8 Å². The monoisotopic (exact) mass is 289 g/mol. The first-order chi connectivity index (χ1) is 9.50. The summed E-state index contributed by atoms with van der Waals surface area (Å²) in [5.74, 6) is 0.826. The summed E-state index contributed by atoms with van der Waals surface area (Å²) in [6.45, 7) is 4.36. The van der Waals surface area contributed by atoms with Crippen molar-refractivity contribution in [1.29, 1.82) is 0 Å². The third-order valence-electron chi connectivity index (χ3n) is 3.76. The summed E-state index contributed by atoms with van der Waals surface area (Å²) >= 11 is 1.59. The van der Waals surface area contributed by atoms with E-state index in [0.29, 0.717) is 0 Å². The molecule has 20 heavy (non-hydrogen) atoms. The van der Waals surface area contributed by atoms with Gasteiger partial charge in [0.15, 0.2) is 0 Å². The molecular formula is C16H19NO2S. The summed E-state index contributed by atoms with van der Waals surface area (Å²) < 4.78 is 5.40. The Balaban J connectivity index is 2.06. The average Bonchev–Trinajstić information content (AvgIpc) is 2.81. The van der Waals surface area contributed by atoms with Gasteiger partial charge in [0.05, 0.1) is 29.3 Å². The number of fused-ring (bicyclic) bond motifs is 1. The molecule has 0 aliphatic heterocycles. The number of aromatic nitrogens is 1. The third kappa shape index (κ3) is 2.34. The number of benzene rings is 1. The Morgan fingerprint density at radius 2 is 2.10 bits per heavy atom. The molecule has 3 rings (SSSR count).